The molecule has 36 heavy (non-hydrogen) atoms. The predicted octanol–water partition coefficient (Wildman–Crippen LogP) is 2.78. The van der Waals surface area contributed by atoms with Gasteiger partial charge in [0.15, 0.2) is 17.4 Å². The number of likely N-dealkylation sites (tertiary alicyclic amines) is 1. The van der Waals surface area contributed by atoms with Gasteiger partial charge in [0.1, 0.15) is 0 Å². The Morgan fingerprint density at radius 1 is 0.944 bits per heavy atom. The fourth-order valence-electron chi connectivity index (χ4n) is 4.84. The van der Waals surface area contributed by atoms with Crippen molar-refractivity contribution >= 4 is 23.6 Å². The van der Waals surface area contributed by atoms with Gasteiger partial charge in [0, 0.05) is 24.3 Å². The van der Waals surface area contributed by atoms with E-state index in [2.05, 4.69) is 0 Å². The number of fused-ring (bicyclic) bond motifs is 2. The number of Topliss-reactive ketones (excluding diaryl/α,β-unsaturated/α-hetero) is 1. The SMILES string of the molecule is O=C1C=CC(=O)OC2(O1)c1ccccc1C(=O)N2CC1CCN(CC(=O)c2ccc(F)c(F)c2)CC1. The van der Waals surface area contributed by atoms with Crippen molar-refractivity contribution in [3.8, 4) is 0 Å². The smallest absolute Gasteiger partial charge is 0.375 e. The monoisotopic (exact) mass is 496 g/mol. The first kappa shape index (κ1) is 23.8. The first-order valence-electron chi connectivity index (χ1n) is 11.5. The van der Waals surface area contributed by atoms with Gasteiger partial charge in [-0.05, 0) is 62.2 Å². The predicted molar refractivity (Wildman–Crippen MR) is 120 cm³/mol. The summed E-state index contributed by atoms with van der Waals surface area (Å²) in [6.07, 6.45) is 3.15. The van der Waals surface area contributed by atoms with Crippen LogP contribution >= 0.6 is 0 Å². The van der Waals surface area contributed by atoms with Crippen LogP contribution in [0.4, 0.5) is 8.78 Å². The molecule has 0 bridgehead atoms. The second kappa shape index (κ2) is 9.27. The summed E-state index contributed by atoms with van der Waals surface area (Å²) in [7, 11) is 0. The fourth-order valence-corrected chi connectivity index (χ4v) is 4.84. The summed E-state index contributed by atoms with van der Waals surface area (Å²) >= 11 is 0. The number of halogens is 2. The number of piperidine rings is 1. The second-order valence-electron chi connectivity index (χ2n) is 8.99. The van der Waals surface area contributed by atoms with E-state index in [4.69, 9.17) is 9.47 Å². The minimum absolute atomic E-state index is 0.0247. The van der Waals surface area contributed by atoms with Crippen LogP contribution in [-0.2, 0) is 25.0 Å². The molecule has 8 nitrogen and oxygen atoms in total. The number of ketones is 1. The minimum atomic E-state index is -1.98. The van der Waals surface area contributed by atoms with Crippen LogP contribution in [0.3, 0.4) is 0 Å². The van der Waals surface area contributed by atoms with E-state index < -0.39 is 35.4 Å². The Kier molecular flexibility index (Phi) is 6.13. The highest BCUT2D eigenvalue weighted by atomic mass is 19.2. The number of carbonyl (C=O) groups is 4. The lowest BCUT2D eigenvalue weighted by molar-refractivity contribution is -0.274. The first-order valence-corrected chi connectivity index (χ1v) is 11.5. The number of benzene rings is 2. The molecular formula is C26H22F2N2O6. The maximum absolute atomic E-state index is 13.5. The van der Waals surface area contributed by atoms with Gasteiger partial charge in [-0.3, -0.25) is 19.4 Å². The molecular weight excluding hydrogens is 474 g/mol. The molecule has 1 spiro atoms. The van der Waals surface area contributed by atoms with Crippen LogP contribution in [-0.4, -0.2) is 59.6 Å². The number of carbonyl (C=O) groups excluding carboxylic acids is 4. The van der Waals surface area contributed by atoms with Crippen molar-refractivity contribution in [2.45, 2.75) is 18.8 Å². The summed E-state index contributed by atoms with van der Waals surface area (Å²) in [6, 6.07) is 9.60. The molecule has 0 aromatic heterocycles. The molecule has 10 heteroatoms. The first-order chi connectivity index (χ1) is 17.3. The van der Waals surface area contributed by atoms with E-state index >= 15 is 0 Å². The molecule has 5 rings (SSSR count). The molecule has 0 unspecified atom stereocenters. The maximum Gasteiger partial charge on any atom is 0.375 e. The lowest BCUT2D eigenvalue weighted by Crippen LogP contribution is -2.52. The maximum atomic E-state index is 13.5. The topological polar surface area (TPSA) is 93.2 Å². The molecule has 2 aromatic carbocycles. The van der Waals surface area contributed by atoms with Crippen LogP contribution in [0.25, 0.3) is 0 Å². The average Bonchev–Trinajstić information content (AvgIpc) is 2.97. The molecule has 3 heterocycles. The molecule has 0 saturated carbocycles. The number of rotatable bonds is 5. The van der Waals surface area contributed by atoms with E-state index in [1.54, 1.807) is 24.3 Å². The quantitative estimate of drug-likeness (QED) is 0.464. The number of hydrogen-bond acceptors (Lipinski definition) is 7. The Labute approximate surface area is 205 Å². The number of esters is 2. The summed E-state index contributed by atoms with van der Waals surface area (Å²) in [5.74, 6) is -6.43. The zero-order chi connectivity index (χ0) is 25.4. The third-order valence-corrected chi connectivity index (χ3v) is 6.69. The normalized spacial score (nSPS) is 19.7. The van der Waals surface area contributed by atoms with Crippen LogP contribution < -0.4 is 0 Å². The van der Waals surface area contributed by atoms with Gasteiger partial charge in [-0.1, -0.05) is 12.1 Å². The summed E-state index contributed by atoms with van der Waals surface area (Å²) < 4.78 is 37.7. The van der Waals surface area contributed by atoms with Crippen molar-refractivity contribution in [1.29, 1.82) is 0 Å². The molecule has 3 aliphatic heterocycles. The van der Waals surface area contributed by atoms with E-state index in [9.17, 15) is 28.0 Å². The van der Waals surface area contributed by atoms with Crippen LogP contribution in [0.2, 0.25) is 0 Å². The van der Waals surface area contributed by atoms with Gasteiger partial charge < -0.3 is 9.47 Å². The fraction of sp³-hybridized carbons (Fsp3) is 0.308. The summed E-state index contributed by atoms with van der Waals surface area (Å²) in [5, 5.41) is 0. The Morgan fingerprint density at radius 3 is 2.28 bits per heavy atom. The minimum Gasteiger partial charge on any atom is -0.396 e. The Bertz CT molecular complexity index is 1260. The lowest BCUT2D eigenvalue weighted by Gasteiger charge is -2.39. The van der Waals surface area contributed by atoms with E-state index in [-0.39, 0.29) is 41.5 Å². The van der Waals surface area contributed by atoms with Crippen LogP contribution in [0, 0.1) is 17.6 Å². The van der Waals surface area contributed by atoms with Gasteiger partial charge >= 0.3 is 17.8 Å². The molecule has 2 aromatic rings. The van der Waals surface area contributed by atoms with Gasteiger partial charge in [-0.15, -0.1) is 0 Å². The molecule has 0 radical (unpaired) electrons. The van der Waals surface area contributed by atoms with Gasteiger partial charge in [0.25, 0.3) is 5.91 Å². The third kappa shape index (κ3) is 4.28. The molecule has 0 atom stereocenters. The highest BCUT2D eigenvalue weighted by Crippen LogP contribution is 2.43. The van der Waals surface area contributed by atoms with E-state index in [1.165, 1.54) is 11.0 Å². The molecule has 0 aliphatic carbocycles. The van der Waals surface area contributed by atoms with Crippen molar-refractivity contribution in [2.75, 3.05) is 26.2 Å². The lowest BCUT2D eigenvalue weighted by atomic mass is 9.95. The van der Waals surface area contributed by atoms with Crippen molar-refractivity contribution in [2.24, 2.45) is 5.92 Å². The van der Waals surface area contributed by atoms with Gasteiger partial charge in [-0.2, -0.15) is 0 Å². The number of amides is 1. The molecule has 186 valence electrons. The van der Waals surface area contributed by atoms with Gasteiger partial charge in [0.2, 0.25) is 0 Å². The molecule has 1 saturated heterocycles. The Hall–Kier alpha value is -3.92. The third-order valence-electron chi connectivity index (χ3n) is 6.69. The number of ether oxygens (including phenoxy) is 2. The van der Waals surface area contributed by atoms with Crippen LogP contribution in [0.5, 0.6) is 0 Å². The standard InChI is InChI=1S/C26H22F2N2O6/c27-20-6-5-17(13-21(20)28)22(31)15-29-11-9-16(10-12-29)14-30-25(34)18-3-1-2-4-19(18)26(30)35-23(32)7-8-24(33)36-26/h1-8,13,16H,9-12,14-15H2. The zero-order valence-corrected chi connectivity index (χ0v) is 19.1. The number of nitrogens with zero attached hydrogens (tertiary/aromatic N) is 2. The van der Waals surface area contributed by atoms with E-state index in [1.807, 2.05) is 4.90 Å². The molecule has 3 aliphatic rings. The van der Waals surface area contributed by atoms with E-state index in [0.29, 0.717) is 25.9 Å². The van der Waals surface area contributed by atoms with Crippen LogP contribution in [0.15, 0.2) is 54.6 Å². The summed E-state index contributed by atoms with van der Waals surface area (Å²) in [5.41, 5.74) is 0.675. The van der Waals surface area contributed by atoms with Crippen molar-refractivity contribution in [3.63, 3.8) is 0 Å². The highest BCUT2D eigenvalue weighted by Gasteiger charge is 2.57. The zero-order valence-electron chi connectivity index (χ0n) is 19.1. The van der Waals surface area contributed by atoms with Crippen molar-refractivity contribution in [1.82, 2.24) is 9.80 Å². The summed E-state index contributed by atoms with van der Waals surface area (Å²) in [4.78, 5) is 53.6. The van der Waals surface area contributed by atoms with Crippen molar-refractivity contribution in [3.05, 3.63) is 82.9 Å². The molecule has 0 N–H and O–H groups in total. The average molecular weight is 496 g/mol. The van der Waals surface area contributed by atoms with E-state index in [0.717, 1.165) is 24.3 Å². The molecule has 1 amide bonds. The Morgan fingerprint density at radius 2 is 1.61 bits per heavy atom. The van der Waals surface area contributed by atoms with Crippen LogP contribution in [0.1, 0.15) is 39.1 Å². The van der Waals surface area contributed by atoms with Gasteiger partial charge in [-0.25, -0.2) is 18.4 Å². The number of hydrogen-bond donors (Lipinski definition) is 0. The van der Waals surface area contributed by atoms with Gasteiger partial charge in [0.05, 0.1) is 17.7 Å². The summed E-state index contributed by atoms with van der Waals surface area (Å²) in [6.45, 7) is 1.28. The van der Waals surface area contributed by atoms with Crippen molar-refractivity contribution < 1.29 is 37.4 Å². The largest absolute Gasteiger partial charge is 0.396 e. The molecule has 1 fully saturated rings. The second-order valence-corrected chi connectivity index (χ2v) is 8.99. The Balaban J connectivity index is 1.28. The highest BCUT2D eigenvalue weighted by molar-refractivity contribution is 6.01.